The van der Waals surface area contributed by atoms with Crippen LogP contribution in [0.4, 0.5) is 0 Å². The van der Waals surface area contributed by atoms with Gasteiger partial charge in [0.05, 0.1) is 17.0 Å². The van der Waals surface area contributed by atoms with Crippen molar-refractivity contribution in [1.82, 2.24) is 4.57 Å². The molecular formula is C12H16N2O2. The lowest BCUT2D eigenvalue weighted by molar-refractivity contribution is 0.0697. The third-order valence-corrected chi connectivity index (χ3v) is 2.52. The molecule has 0 aliphatic rings. The molecule has 16 heavy (non-hydrogen) atoms. The minimum Gasteiger partial charge on any atom is -0.478 e. The van der Waals surface area contributed by atoms with Crippen LogP contribution in [0.2, 0.25) is 0 Å². The number of rotatable bonds is 5. The van der Waals surface area contributed by atoms with Crippen LogP contribution >= 0.6 is 0 Å². The van der Waals surface area contributed by atoms with E-state index in [2.05, 4.69) is 6.07 Å². The highest BCUT2D eigenvalue weighted by Gasteiger charge is 2.15. The van der Waals surface area contributed by atoms with E-state index in [1.54, 1.807) is 18.5 Å². The van der Waals surface area contributed by atoms with Gasteiger partial charge in [-0.1, -0.05) is 0 Å². The number of aryl methyl sites for hydroxylation is 1. The summed E-state index contributed by atoms with van der Waals surface area (Å²) >= 11 is 0. The Balaban J connectivity index is 2.44. The lowest BCUT2D eigenvalue weighted by atomic mass is 9.90. The fourth-order valence-corrected chi connectivity index (χ4v) is 1.47. The average molecular weight is 220 g/mol. The normalized spacial score (nSPS) is 11.1. The Morgan fingerprint density at radius 2 is 2.31 bits per heavy atom. The van der Waals surface area contributed by atoms with Crippen molar-refractivity contribution in [2.75, 3.05) is 0 Å². The van der Waals surface area contributed by atoms with E-state index < -0.39 is 5.97 Å². The second-order valence-electron chi connectivity index (χ2n) is 4.54. The van der Waals surface area contributed by atoms with Crippen LogP contribution in [0.1, 0.15) is 37.0 Å². The van der Waals surface area contributed by atoms with Gasteiger partial charge in [0.15, 0.2) is 0 Å². The van der Waals surface area contributed by atoms with E-state index in [0.717, 1.165) is 19.4 Å². The zero-order chi connectivity index (χ0) is 12.2. The van der Waals surface area contributed by atoms with E-state index in [9.17, 15) is 4.79 Å². The first kappa shape index (κ1) is 12.3. The molecule has 0 saturated carbocycles. The summed E-state index contributed by atoms with van der Waals surface area (Å²) in [6.07, 6.45) is 5.04. The summed E-state index contributed by atoms with van der Waals surface area (Å²) in [5, 5.41) is 17.6. The number of aromatic nitrogens is 1. The van der Waals surface area contributed by atoms with Crippen LogP contribution in [0.3, 0.4) is 0 Å². The van der Waals surface area contributed by atoms with Crippen LogP contribution in [0, 0.1) is 16.7 Å². The van der Waals surface area contributed by atoms with Crippen LogP contribution < -0.4 is 0 Å². The van der Waals surface area contributed by atoms with Gasteiger partial charge in [0.25, 0.3) is 0 Å². The van der Waals surface area contributed by atoms with Gasteiger partial charge in [0.1, 0.15) is 0 Å². The van der Waals surface area contributed by atoms with Crippen molar-refractivity contribution < 1.29 is 9.90 Å². The predicted molar refractivity (Wildman–Crippen MR) is 60.0 cm³/mol. The van der Waals surface area contributed by atoms with Crippen molar-refractivity contribution in [3.8, 4) is 6.07 Å². The van der Waals surface area contributed by atoms with E-state index in [-0.39, 0.29) is 5.41 Å². The van der Waals surface area contributed by atoms with Crippen molar-refractivity contribution in [2.45, 2.75) is 33.2 Å². The molecule has 0 amide bonds. The van der Waals surface area contributed by atoms with Gasteiger partial charge in [-0.2, -0.15) is 5.26 Å². The maximum Gasteiger partial charge on any atom is 0.337 e. The van der Waals surface area contributed by atoms with Crippen LogP contribution in [0.15, 0.2) is 18.5 Å². The monoisotopic (exact) mass is 220 g/mol. The SMILES string of the molecule is CC(C)(C#N)CCCn1ccc(C(=O)O)c1. The number of aromatic carboxylic acids is 1. The van der Waals surface area contributed by atoms with E-state index in [1.165, 1.54) is 0 Å². The number of nitrogens with zero attached hydrogens (tertiary/aromatic N) is 2. The van der Waals surface area contributed by atoms with Gasteiger partial charge >= 0.3 is 5.97 Å². The summed E-state index contributed by atoms with van der Waals surface area (Å²) in [6.45, 7) is 4.56. The minimum atomic E-state index is -0.906. The highest BCUT2D eigenvalue weighted by molar-refractivity contribution is 5.87. The summed E-state index contributed by atoms with van der Waals surface area (Å²) in [5.74, 6) is -0.906. The molecule has 4 nitrogen and oxygen atoms in total. The Hall–Kier alpha value is -1.76. The van der Waals surface area contributed by atoms with Crippen LogP contribution in [-0.2, 0) is 6.54 Å². The molecule has 0 spiro atoms. The summed E-state index contributed by atoms with van der Waals surface area (Å²) in [7, 11) is 0. The average Bonchev–Trinajstić information content (AvgIpc) is 2.66. The number of nitriles is 1. The Bertz CT molecular complexity index is 413. The lowest BCUT2D eigenvalue weighted by Gasteiger charge is -2.14. The summed E-state index contributed by atoms with van der Waals surface area (Å²) < 4.78 is 1.84. The summed E-state index contributed by atoms with van der Waals surface area (Å²) in [5.41, 5.74) is 0.00234. The second-order valence-corrected chi connectivity index (χ2v) is 4.54. The molecule has 0 radical (unpaired) electrons. The van der Waals surface area contributed by atoms with E-state index in [1.807, 2.05) is 18.4 Å². The molecule has 0 bridgehead atoms. The molecule has 1 aromatic heterocycles. The van der Waals surface area contributed by atoms with E-state index in [0.29, 0.717) is 5.56 Å². The Morgan fingerprint density at radius 3 is 2.81 bits per heavy atom. The Morgan fingerprint density at radius 1 is 1.62 bits per heavy atom. The first-order chi connectivity index (χ1) is 7.44. The van der Waals surface area contributed by atoms with E-state index >= 15 is 0 Å². The first-order valence-corrected chi connectivity index (χ1v) is 5.25. The van der Waals surface area contributed by atoms with Gasteiger partial charge in [-0.15, -0.1) is 0 Å². The first-order valence-electron chi connectivity index (χ1n) is 5.25. The Labute approximate surface area is 95.1 Å². The molecule has 0 atom stereocenters. The van der Waals surface area contributed by atoms with Crippen molar-refractivity contribution >= 4 is 5.97 Å². The van der Waals surface area contributed by atoms with Gasteiger partial charge in [-0.3, -0.25) is 0 Å². The molecule has 1 aromatic rings. The maximum absolute atomic E-state index is 10.6. The molecule has 0 fully saturated rings. The van der Waals surface area contributed by atoms with Gasteiger partial charge in [0, 0.05) is 18.9 Å². The number of carboxylic acids is 1. The summed E-state index contributed by atoms with van der Waals surface area (Å²) in [6, 6.07) is 3.83. The highest BCUT2D eigenvalue weighted by atomic mass is 16.4. The minimum absolute atomic E-state index is 0.303. The highest BCUT2D eigenvalue weighted by Crippen LogP contribution is 2.21. The second kappa shape index (κ2) is 4.84. The smallest absolute Gasteiger partial charge is 0.337 e. The topological polar surface area (TPSA) is 66.0 Å². The van der Waals surface area contributed by atoms with E-state index in [4.69, 9.17) is 10.4 Å². The molecule has 1 heterocycles. The number of hydrogen-bond donors (Lipinski definition) is 1. The van der Waals surface area contributed by atoms with Crippen LogP contribution in [-0.4, -0.2) is 15.6 Å². The van der Waals surface area contributed by atoms with Crippen molar-refractivity contribution in [1.29, 1.82) is 5.26 Å². The molecule has 0 aliphatic carbocycles. The zero-order valence-corrected chi connectivity index (χ0v) is 9.60. The van der Waals surface area contributed by atoms with Crippen molar-refractivity contribution in [3.63, 3.8) is 0 Å². The summed E-state index contributed by atoms with van der Waals surface area (Å²) in [4.78, 5) is 10.6. The van der Waals surface area contributed by atoms with Gasteiger partial charge < -0.3 is 9.67 Å². The van der Waals surface area contributed by atoms with Crippen LogP contribution in [0.5, 0.6) is 0 Å². The molecule has 0 saturated heterocycles. The van der Waals surface area contributed by atoms with Gasteiger partial charge in [0.2, 0.25) is 0 Å². The molecule has 86 valence electrons. The predicted octanol–water partition coefficient (Wildman–Crippen LogP) is 2.52. The zero-order valence-electron chi connectivity index (χ0n) is 9.60. The number of carboxylic acid groups (broad SMARTS) is 1. The standard InChI is InChI=1S/C12H16N2O2/c1-12(2,9-13)5-3-6-14-7-4-10(8-14)11(15)16/h4,7-8H,3,5-6H2,1-2H3,(H,15,16). The van der Waals surface area contributed by atoms with Gasteiger partial charge in [-0.25, -0.2) is 4.79 Å². The third kappa shape index (κ3) is 3.43. The molecule has 1 N–H and O–H groups in total. The molecule has 0 aromatic carbocycles. The maximum atomic E-state index is 10.6. The lowest BCUT2D eigenvalue weighted by Crippen LogP contribution is -2.09. The van der Waals surface area contributed by atoms with Crippen molar-refractivity contribution in [3.05, 3.63) is 24.0 Å². The molecular weight excluding hydrogens is 204 g/mol. The Kier molecular flexibility index (Phi) is 3.73. The largest absolute Gasteiger partial charge is 0.478 e. The molecule has 0 aliphatic heterocycles. The van der Waals surface area contributed by atoms with Gasteiger partial charge in [-0.05, 0) is 32.8 Å². The number of carbonyl (C=O) groups is 1. The third-order valence-electron chi connectivity index (χ3n) is 2.52. The fourth-order valence-electron chi connectivity index (χ4n) is 1.47. The quantitative estimate of drug-likeness (QED) is 0.829. The number of hydrogen-bond acceptors (Lipinski definition) is 2. The molecule has 4 heteroatoms. The fraction of sp³-hybridized carbons (Fsp3) is 0.500. The molecule has 1 rings (SSSR count). The molecule has 0 unspecified atom stereocenters. The van der Waals surface area contributed by atoms with Crippen molar-refractivity contribution in [2.24, 2.45) is 5.41 Å². The van der Waals surface area contributed by atoms with Crippen LogP contribution in [0.25, 0.3) is 0 Å².